The molecule has 0 aromatic heterocycles. The second kappa shape index (κ2) is 8.79. The van der Waals surface area contributed by atoms with Crippen LogP contribution in [0, 0.1) is 5.92 Å². The van der Waals surface area contributed by atoms with Gasteiger partial charge >= 0.3 is 0 Å². The molecule has 3 N–H and O–H groups in total. The van der Waals surface area contributed by atoms with Crippen LogP contribution in [-0.4, -0.2) is 18.6 Å². The van der Waals surface area contributed by atoms with E-state index in [4.69, 9.17) is 10.5 Å². The van der Waals surface area contributed by atoms with E-state index >= 15 is 0 Å². The second-order valence-corrected chi connectivity index (χ2v) is 6.38. The van der Waals surface area contributed by atoms with E-state index in [2.05, 4.69) is 12.2 Å². The van der Waals surface area contributed by atoms with E-state index in [-0.39, 0.29) is 6.61 Å². The molecular formula is C18H28N2O2. The highest BCUT2D eigenvalue weighted by Crippen LogP contribution is 2.27. The number of amides is 1. The summed E-state index contributed by atoms with van der Waals surface area (Å²) in [4.78, 5) is 10.9. The van der Waals surface area contributed by atoms with Crippen LogP contribution in [0.2, 0.25) is 0 Å². The van der Waals surface area contributed by atoms with Crippen LogP contribution in [0.3, 0.4) is 0 Å². The lowest BCUT2D eigenvalue weighted by Gasteiger charge is -2.25. The van der Waals surface area contributed by atoms with E-state index < -0.39 is 5.91 Å². The topological polar surface area (TPSA) is 64.3 Å². The molecule has 0 heterocycles. The summed E-state index contributed by atoms with van der Waals surface area (Å²) < 4.78 is 5.47. The smallest absolute Gasteiger partial charge is 0.255 e. The molecule has 1 saturated carbocycles. The Bertz CT molecular complexity index is 470. The quantitative estimate of drug-likeness (QED) is 0.776. The predicted molar refractivity (Wildman–Crippen MR) is 88.6 cm³/mol. The Morgan fingerprint density at radius 2 is 2.05 bits per heavy atom. The predicted octanol–water partition coefficient (Wildman–Crippen LogP) is 3.00. The number of hydrogen-bond donors (Lipinski definition) is 2. The maximum absolute atomic E-state index is 10.9. The van der Waals surface area contributed by atoms with Crippen molar-refractivity contribution in [2.75, 3.05) is 6.61 Å². The Kier molecular flexibility index (Phi) is 6.72. The minimum absolute atomic E-state index is 0.0748. The third kappa shape index (κ3) is 5.68. The van der Waals surface area contributed by atoms with Crippen molar-refractivity contribution in [2.45, 2.75) is 58.0 Å². The van der Waals surface area contributed by atoms with Crippen molar-refractivity contribution in [1.29, 1.82) is 0 Å². The molecule has 1 aromatic carbocycles. The molecule has 0 spiro atoms. The zero-order chi connectivity index (χ0) is 15.8. The lowest BCUT2D eigenvalue weighted by molar-refractivity contribution is -0.119. The van der Waals surface area contributed by atoms with Crippen molar-refractivity contribution >= 4 is 5.91 Å². The summed E-state index contributed by atoms with van der Waals surface area (Å²) in [5.74, 6) is 1.16. The third-order valence-corrected chi connectivity index (χ3v) is 4.40. The van der Waals surface area contributed by atoms with Gasteiger partial charge in [0, 0.05) is 18.2 Å². The molecule has 2 rings (SSSR count). The number of carbonyl (C=O) groups excluding carboxylic acids is 1. The van der Waals surface area contributed by atoms with E-state index in [1.807, 2.05) is 24.3 Å². The first kappa shape index (κ1) is 16.8. The van der Waals surface area contributed by atoms with Gasteiger partial charge < -0.3 is 15.8 Å². The Balaban J connectivity index is 1.81. The van der Waals surface area contributed by atoms with Gasteiger partial charge in [-0.3, -0.25) is 4.79 Å². The first-order valence-corrected chi connectivity index (χ1v) is 8.37. The minimum atomic E-state index is -0.451. The maximum Gasteiger partial charge on any atom is 0.255 e. The van der Waals surface area contributed by atoms with Crippen molar-refractivity contribution < 1.29 is 9.53 Å². The molecule has 4 heteroatoms. The Labute approximate surface area is 133 Å². The zero-order valence-electron chi connectivity index (χ0n) is 13.5. The summed E-state index contributed by atoms with van der Waals surface area (Å²) in [5.41, 5.74) is 6.21. The van der Waals surface area contributed by atoms with Gasteiger partial charge in [0.05, 0.1) is 0 Å². The molecule has 1 amide bonds. The van der Waals surface area contributed by atoms with Crippen LogP contribution < -0.4 is 15.8 Å². The summed E-state index contributed by atoms with van der Waals surface area (Å²) in [5, 5.41) is 3.58. The molecule has 1 aliphatic rings. The summed E-state index contributed by atoms with van der Waals surface area (Å²) in [7, 11) is 0. The standard InChI is InChI=1S/C18H28N2O2/c1-14(11-15-7-3-2-4-8-15)20-12-16-9-5-6-10-17(16)22-13-18(19)21/h5-6,9-10,14-15,20H,2-4,7-8,11-13H2,1H3,(H2,19,21)/t14-/m0/s1. The molecule has 4 nitrogen and oxygen atoms in total. The largest absolute Gasteiger partial charge is 0.483 e. The highest BCUT2D eigenvalue weighted by atomic mass is 16.5. The highest BCUT2D eigenvalue weighted by Gasteiger charge is 2.16. The molecular weight excluding hydrogens is 276 g/mol. The number of para-hydroxylation sites is 1. The molecule has 0 unspecified atom stereocenters. The molecule has 0 bridgehead atoms. The van der Waals surface area contributed by atoms with Gasteiger partial charge in [0.1, 0.15) is 5.75 Å². The fourth-order valence-electron chi connectivity index (χ4n) is 3.23. The average Bonchev–Trinajstić information content (AvgIpc) is 2.52. The molecule has 0 aliphatic heterocycles. The van der Waals surface area contributed by atoms with Gasteiger partial charge in [0.25, 0.3) is 5.91 Å². The fraction of sp³-hybridized carbons (Fsp3) is 0.611. The SMILES string of the molecule is C[C@@H](CC1CCCCC1)NCc1ccccc1OCC(N)=O. The van der Waals surface area contributed by atoms with Crippen molar-refractivity contribution in [2.24, 2.45) is 11.7 Å². The van der Waals surface area contributed by atoms with E-state index in [9.17, 15) is 4.79 Å². The van der Waals surface area contributed by atoms with Crippen LogP contribution in [0.5, 0.6) is 5.75 Å². The normalized spacial score (nSPS) is 17.1. The summed E-state index contributed by atoms with van der Waals surface area (Å²) >= 11 is 0. The second-order valence-electron chi connectivity index (χ2n) is 6.38. The van der Waals surface area contributed by atoms with Gasteiger partial charge in [-0.15, -0.1) is 0 Å². The van der Waals surface area contributed by atoms with Crippen molar-refractivity contribution in [1.82, 2.24) is 5.32 Å². The third-order valence-electron chi connectivity index (χ3n) is 4.40. The molecule has 122 valence electrons. The number of rotatable bonds is 8. The van der Waals surface area contributed by atoms with Gasteiger partial charge in [-0.2, -0.15) is 0 Å². The Morgan fingerprint density at radius 3 is 2.77 bits per heavy atom. The molecule has 0 radical (unpaired) electrons. The summed E-state index contributed by atoms with van der Waals surface area (Å²) in [6.45, 7) is 2.93. The first-order valence-electron chi connectivity index (χ1n) is 8.37. The van der Waals surface area contributed by atoms with Gasteiger partial charge in [-0.05, 0) is 25.3 Å². The lowest BCUT2D eigenvalue weighted by atomic mass is 9.85. The van der Waals surface area contributed by atoms with Crippen LogP contribution in [0.15, 0.2) is 24.3 Å². The van der Waals surface area contributed by atoms with Gasteiger partial charge in [0.15, 0.2) is 6.61 Å². The number of benzene rings is 1. The van der Waals surface area contributed by atoms with E-state index in [1.54, 1.807) is 0 Å². The van der Waals surface area contributed by atoms with Gasteiger partial charge in [-0.1, -0.05) is 50.3 Å². The maximum atomic E-state index is 10.9. The number of nitrogens with one attached hydrogen (secondary N) is 1. The molecule has 1 aromatic rings. The number of ether oxygens (including phenoxy) is 1. The van der Waals surface area contributed by atoms with Crippen LogP contribution >= 0.6 is 0 Å². The van der Waals surface area contributed by atoms with E-state index in [0.29, 0.717) is 6.04 Å². The van der Waals surface area contributed by atoms with Crippen molar-refractivity contribution in [3.63, 3.8) is 0 Å². The number of primary amides is 1. The molecule has 22 heavy (non-hydrogen) atoms. The molecule has 1 atom stereocenters. The van der Waals surface area contributed by atoms with Crippen LogP contribution in [0.25, 0.3) is 0 Å². The highest BCUT2D eigenvalue weighted by molar-refractivity contribution is 5.75. The molecule has 1 aliphatic carbocycles. The fourth-order valence-corrected chi connectivity index (χ4v) is 3.23. The summed E-state index contributed by atoms with van der Waals surface area (Å²) in [6.07, 6.45) is 8.18. The Hall–Kier alpha value is -1.55. The first-order chi connectivity index (χ1) is 10.6. The van der Waals surface area contributed by atoms with Crippen molar-refractivity contribution in [3.05, 3.63) is 29.8 Å². The lowest BCUT2D eigenvalue weighted by Crippen LogP contribution is -2.29. The number of hydrogen-bond acceptors (Lipinski definition) is 3. The van der Waals surface area contributed by atoms with Gasteiger partial charge in [0.2, 0.25) is 0 Å². The van der Waals surface area contributed by atoms with E-state index in [0.717, 1.165) is 23.8 Å². The number of carbonyl (C=O) groups is 1. The summed E-state index contributed by atoms with van der Waals surface area (Å²) in [6, 6.07) is 8.29. The molecule has 1 fully saturated rings. The minimum Gasteiger partial charge on any atom is -0.483 e. The Morgan fingerprint density at radius 1 is 1.32 bits per heavy atom. The van der Waals surface area contributed by atoms with Crippen LogP contribution in [0.1, 0.15) is 51.0 Å². The average molecular weight is 304 g/mol. The number of nitrogens with two attached hydrogens (primary N) is 1. The molecule has 0 saturated heterocycles. The van der Waals surface area contributed by atoms with Crippen molar-refractivity contribution in [3.8, 4) is 5.75 Å². The van der Waals surface area contributed by atoms with Crippen LogP contribution in [0.4, 0.5) is 0 Å². The van der Waals surface area contributed by atoms with Crippen LogP contribution in [-0.2, 0) is 11.3 Å². The van der Waals surface area contributed by atoms with E-state index in [1.165, 1.54) is 38.5 Å². The zero-order valence-corrected chi connectivity index (χ0v) is 13.5. The monoisotopic (exact) mass is 304 g/mol. The van der Waals surface area contributed by atoms with Gasteiger partial charge in [-0.25, -0.2) is 0 Å².